The molecule has 0 aromatic heterocycles. The lowest BCUT2D eigenvalue weighted by atomic mass is 10.1. The van der Waals surface area contributed by atoms with E-state index in [4.69, 9.17) is 0 Å². The minimum atomic E-state index is 0.536. The molecule has 3 aromatic carbocycles. The Bertz CT molecular complexity index is 798. The molecule has 3 aromatic rings. The van der Waals surface area contributed by atoms with E-state index in [1.807, 2.05) is 24.3 Å². The molecule has 118 valence electrons. The van der Waals surface area contributed by atoms with Gasteiger partial charge in [-0.15, -0.1) is 0 Å². The number of para-hydroxylation sites is 2. The van der Waals surface area contributed by atoms with Crippen LogP contribution in [-0.4, -0.2) is 21.9 Å². The third-order valence-corrected chi connectivity index (χ3v) is 3.53. The van der Waals surface area contributed by atoms with Gasteiger partial charge >= 0.3 is 0 Å². The van der Waals surface area contributed by atoms with Crippen molar-refractivity contribution in [1.82, 2.24) is 0 Å². The predicted molar refractivity (Wildman–Crippen MR) is 96.2 cm³/mol. The molecule has 0 radical (unpaired) electrons. The first kappa shape index (κ1) is 15.5. The van der Waals surface area contributed by atoms with E-state index >= 15 is 0 Å². The zero-order chi connectivity index (χ0) is 16.8. The number of hydrogen-bond donors (Lipinski definition) is 0. The van der Waals surface area contributed by atoms with Gasteiger partial charge in [0, 0.05) is 24.3 Å². The average Bonchev–Trinajstić information content (AvgIpc) is 2.64. The summed E-state index contributed by atoms with van der Waals surface area (Å²) in [4.78, 5) is 0. The quantitative estimate of drug-likeness (QED) is 0.313. The van der Waals surface area contributed by atoms with Crippen LogP contribution in [0.3, 0.4) is 0 Å². The summed E-state index contributed by atoms with van der Waals surface area (Å²) in [7, 11) is 0. The molecule has 3 rings (SSSR count). The van der Waals surface area contributed by atoms with Crippen LogP contribution in [-0.2, 0) is 0 Å². The van der Waals surface area contributed by atoms with Crippen LogP contribution in [0.5, 0.6) is 0 Å². The Morgan fingerprint density at radius 3 is 1.21 bits per heavy atom. The van der Waals surface area contributed by atoms with Crippen LogP contribution in [0.1, 0.15) is 11.1 Å². The number of rotatable bonds is 4. The first-order valence-electron chi connectivity index (χ1n) is 7.55. The standard InChI is InChI=1S/C20H16N2O2/c23-21(19-11-3-1-4-12-19)15-17-9-7-8-10-18(17)16-22(24)20-13-5-2-6-14-20/h1-16H/b21-15-,22-16-. The zero-order valence-corrected chi connectivity index (χ0v) is 12.9. The highest BCUT2D eigenvalue weighted by molar-refractivity contribution is 5.91. The summed E-state index contributed by atoms with van der Waals surface area (Å²) >= 11 is 0. The molecule has 4 nitrogen and oxygen atoms in total. The van der Waals surface area contributed by atoms with E-state index in [9.17, 15) is 10.4 Å². The van der Waals surface area contributed by atoms with Crippen molar-refractivity contribution in [3.05, 3.63) is 106 Å². The summed E-state index contributed by atoms with van der Waals surface area (Å²) < 4.78 is 1.59. The lowest BCUT2D eigenvalue weighted by molar-refractivity contribution is -0.355. The third-order valence-electron chi connectivity index (χ3n) is 3.53. The molecular weight excluding hydrogens is 300 g/mol. The summed E-state index contributed by atoms with van der Waals surface area (Å²) in [6.07, 6.45) is 2.94. The maximum atomic E-state index is 12.3. The monoisotopic (exact) mass is 316 g/mol. The lowest BCUT2D eigenvalue weighted by Gasteiger charge is -2.05. The molecule has 4 heteroatoms. The largest absolute Gasteiger partial charge is 0.618 e. The fourth-order valence-corrected chi connectivity index (χ4v) is 2.30. The van der Waals surface area contributed by atoms with Crippen molar-refractivity contribution in [1.29, 1.82) is 0 Å². The van der Waals surface area contributed by atoms with Crippen molar-refractivity contribution in [3.8, 4) is 0 Å². The average molecular weight is 316 g/mol. The van der Waals surface area contributed by atoms with E-state index in [0.717, 1.165) is 9.48 Å². The van der Waals surface area contributed by atoms with Gasteiger partial charge in [-0.25, -0.2) is 0 Å². The molecule has 0 N–H and O–H groups in total. The maximum Gasteiger partial charge on any atom is 0.216 e. The minimum Gasteiger partial charge on any atom is -0.618 e. The van der Waals surface area contributed by atoms with Gasteiger partial charge in [0.1, 0.15) is 0 Å². The van der Waals surface area contributed by atoms with Crippen molar-refractivity contribution >= 4 is 23.8 Å². The molecule has 0 amide bonds. The van der Waals surface area contributed by atoms with Gasteiger partial charge in [-0.3, -0.25) is 0 Å². The molecule has 0 aliphatic rings. The highest BCUT2D eigenvalue weighted by atomic mass is 16.5. The molecule has 0 aliphatic carbocycles. The molecule has 0 bridgehead atoms. The minimum absolute atomic E-state index is 0.536. The fraction of sp³-hybridized carbons (Fsp3) is 0. The molecule has 24 heavy (non-hydrogen) atoms. The number of nitrogens with zero attached hydrogens (tertiary/aromatic N) is 2. The van der Waals surface area contributed by atoms with Crippen molar-refractivity contribution in [2.24, 2.45) is 0 Å². The van der Waals surface area contributed by atoms with Crippen LogP contribution in [0.15, 0.2) is 84.9 Å². The highest BCUT2D eigenvalue weighted by Gasteiger charge is 2.07. The van der Waals surface area contributed by atoms with E-state index in [1.165, 1.54) is 12.4 Å². The van der Waals surface area contributed by atoms with Gasteiger partial charge in [-0.05, 0) is 12.1 Å². The summed E-state index contributed by atoms with van der Waals surface area (Å²) in [5.41, 5.74) is 2.42. The van der Waals surface area contributed by atoms with Gasteiger partial charge < -0.3 is 10.4 Å². The Morgan fingerprint density at radius 2 is 0.833 bits per heavy atom. The van der Waals surface area contributed by atoms with E-state index < -0.39 is 0 Å². The Balaban J connectivity index is 1.97. The van der Waals surface area contributed by atoms with E-state index in [0.29, 0.717) is 22.5 Å². The Kier molecular flexibility index (Phi) is 4.68. The van der Waals surface area contributed by atoms with Crippen molar-refractivity contribution in [2.45, 2.75) is 0 Å². The van der Waals surface area contributed by atoms with Gasteiger partial charge in [-0.1, -0.05) is 48.5 Å². The summed E-state index contributed by atoms with van der Waals surface area (Å²) in [5.74, 6) is 0. The molecule has 0 saturated carbocycles. The molecule has 0 unspecified atom stereocenters. The lowest BCUT2D eigenvalue weighted by Crippen LogP contribution is -2.05. The van der Waals surface area contributed by atoms with Crippen molar-refractivity contribution < 1.29 is 9.48 Å². The fourth-order valence-electron chi connectivity index (χ4n) is 2.30. The third kappa shape index (κ3) is 3.67. The normalized spacial score (nSPS) is 12.2. The SMILES string of the molecule is [O-]/[N+](=C\c1ccccc1/C=[N+](\[O-])c1ccccc1)c1ccccc1. The summed E-state index contributed by atoms with van der Waals surface area (Å²) in [6.45, 7) is 0. The van der Waals surface area contributed by atoms with Crippen LogP contribution < -0.4 is 0 Å². The first-order valence-corrected chi connectivity index (χ1v) is 7.55. The Labute approximate surface area is 140 Å². The van der Waals surface area contributed by atoms with Crippen molar-refractivity contribution in [2.75, 3.05) is 0 Å². The topological polar surface area (TPSA) is 52.1 Å². The molecule has 0 atom stereocenters. The first-order chi connectivity index (χ1) is 11.7. The highest BCUT2D eigenvalue weighted by Crippen LogP contribution is 2.13. The molecule has 0 fully saturated rings. The van der Waals surface area contributed by atoms with Crippen LogP contribution in [0.4, 0.5) is 11.4 Å². The van der Waals surface area contributed by atoms with Gasteiger partial charge in [0.25, 0.3) is 0 Å². The second kappa shape index (κ2) is 7.24. The number of benzene rings is 3. The molecule has 0 spiro atoms. The maximum absolute atomic E-state index is 12.3. The van der Waals surface area contributed by atoms with E-state index in [1.54, 1.807) is 60.7 Å². The van der Waals surface area contributed by atoms with Gasteiger partial charge in [0.2, 0.25) is 11.4 Å². The van der Waals surface area contributed by atoms with Gasteiger partial charge in [0.15, 0.2) is 12.4 Å². The van der Waals surface area contributed by atoms with Gasteiger partial charge in [-0.2, -0.15) is 9.48 Å². The Morgan fingerprint density at radius 1 is 0.500 bits per heavy atom. The second-order valence-electron chi connectivity index (χ2n) is 5.21. The molecule has 0 saturated heterocycles. The van der Waals surface area contributed by atoms with Gasteiger partial charge in [0.05, 0.1) is 11.1 Å². The zero-order valence-electron chi connectivity index (χ0n) is 12.9. The van der Waals surface area contributed by atoms with Crippen LogP contribution in [0.25, 0.3) is 0 Å². The molecule has 0 heterocycles. The van der Waals surface area contributed by atoms with Crippen LogP contribution >= 0.6 is 0 Å². The smallest absolute Gasteiger partial charge is 0.216 e. The second-order valence-corrected chi connectivity index (χ2v) is 5.21. The number of hydrogen-bond acceptors (Lipinski definition) is 2. The van der Waals surface area contributed by atoms with Crippen LogP contribution in [0.2, 0.25) is 0 Å². The van der Waals surface area contributed by atoms with Crippen LogP contribution in [0, 0.1) is 10.4 Å². The Hall–Kier alpha value is -3.40. The van der Waals surface area contributed by atoms with E-state index in [2.05, 4.69) is 0 Å². The van der Waals surface area contributed by atoms with E-state index in [-0.39, 0.29) is 0 Å². The molecule has 0 aliphatic heterocycles. The summed E-state index contributed by atoms with van der Waals surface area (Å²) in [6, 6.07) is 25.2. The van der Waals surface area contributed by atoms with Crippen molar-refractivity contribution in [3.63, 3.8) is 0 Å². The predicted octanol–water partition coefficient (Wildman–Crippen LogP) is 4.21. The summed E-state index contributed by atoms with van der Waals surface area (Å²) in [5, 5.41) is 24.6. The molecular formula is C20H16N2O2.